The first-order chi connectivity index (χ1) is 8.22. The van der Waals surface area contributed by atoms with Gasteiger partial charge >= 0.3 is 0 Å². The fourth-order valence-corrected chi connectivity index (χ4v) is 3.06. The highest BCUT2D eigenvalue weighted by Gasteiger charge is 2.34. The van der Waals surface area contributed by atoms with E-state index in [4.69, 9.17) is 9.15 Å². The summed E-state index contributed by atoms with van der Waals surface area (Å²) in [5.41, 5.74) is 0. The van der Waals surface area contributed by atoms with Gasteiger partial charge in [0.2, 0.25) is 5.91 Å². The normalized spacial score (nSPS) is 20.2. The number of rotatable bonds is 5. The molecule has 2 rings (SSSR count). The summed E-state index contributed by atoms with van der Waals surface area (Å²) < 4.78 is 10.6. The molecule has 5 heteroatoms. The number of thioether (sulfide) groups is 1. The molecule has 1 unspecified atom stereocenters. The first-order valence-corrected chi connectivity index (χ1v) is 6.73. The third-order valence-electron chi connectivity index (χ3n) is 2.72. The molecular formula is C12H17NO3S. The van der Waals surface area contributed by atoms with E-state index >= 15 is 0 Å². The monoisotopic (exact) mass is 255 g/mol. The molecule has 2 heterocycles. The van der Waals surface area contributed by atoms with Gasteiger partial charge in [-0.05, 0) is 25.5 Å². The van der Waals surface area contributed by atoms with E-state index in [9.17, 15) is 4.79 Å². The van der Waals surface area contributed by atoms with E-state index < -0.39 is 0 Å². The Kier molecular flexibility index (Phi) is 4.12. The van der Waals surface area contributed by atoms with Crippen LogP contribution in [0, 0.1) is 6.92 Å². The summed E-state index contributed by atoms with van der Waals surface area (Å²) in [6.45, 7) is 3.32. The number of amides is 1. The average molecular weight is 255 g/mol. The summed E-state index contributed by atoms with van der Waals surface area (Å²) in [5, 5.41) is 0.0352. The lowest BCUT2D eigenvalue weighted by Gasteiger charge is -2.22. The lowest BCUT2D eigenvalue weighted by molar-refractivity contribution is -0.128. The standard InChI is InChI=1S/C12H17NO3S/c1-9-4-5-10(16-9)12-13(6-3-7-15-2)11(14)8-17-12/h4-5,12H,3,6-8H2,1-2H3. The molecule has 0 saturated carbocycles. The highest BCUT2D eigenvalue weighted by molar-refractivity contribution is 8.00. The fraction of sp³-hybridized carbons (Fsp3) is 0.583. The smallest absolute Gasteiger partial charge is 0.233 e. The molecule has 1 amide bonds. The van der Waals surface area contributed by atoms with Crippen molar-refractivity contribution in [2.24, 2.45) is 0 Å². The minimum Gasteiger partial charge on any atom is -0.463 e. The molecule has 94 valence electrons. The van der Waals surface area contributed by atoms with Gasteiger partial charge in [0, 0.05) is 20.3 Å². The second-order valence-corrected chi connectivity index (χ2v) is 5.11. The Morgan fingerprint density at radius 3 is 3.06 bits per heavy atom. The molecule has 0 N–H and O–H groups in total. The summed E-state index contributed by atoms with van der Waals surface area (Å²) in [4.78, 5) is 13.7. The van der Waals surface area contributed by atoms with Crippen LogP contribution in [0.5, 0.6) is 0 Å². The minimum absolute atomic E-state index is 0.0352. The molecule has 1 aliphatic rings. The zero-order valence-corrected chi connectivity index (χ0v) is 11.0. The summed E-state index contributed by atoms with van der Waals surface area (Å²) in [6, 6.07) is 3.89. The molecule has 4 nitrogen and oxygen atoms in total. The zero-order valence-electron chi connectivity index (χ0n) is 10.1. The van der Waals surface area contributed by atoms with Crippen LogP contribution in [0.15, 0.2) is 16.5 Å². The van der Waals surface area contributed by atoms with Gasteiger partial charge in [0.15, 0.2) is 0 Å². The van der Waals surface area contributed by atoms with Crippen molar-refractivity contribution in [3.8, 4) is 0 Å². The summed E-state index contributed by atoms with van der Waals surface area (Å²) in [7, 11) is 1.67. The maximum atomic E-state index is 11.8. The summed E-state index contributed by atoms with van der Waals surface area (Å²) in [6.07, 6.45) is 0.860. The van der Waals surface area contributed by atoms with Gasteiger partial charge in [-0.2, -0.15) is 0 Å². The van der Waals surface area contributed by atoms with Crippen LogP contribution in [-0.4, -0.2) is 36.8 Å². The number of hydrogen-bond donors (Lipinski definition) is 0. The number of aryl methyl sites for hydroxylation is 1. The van der Waals surface area contributed by atoms with Gasteiger partial charge in [0.1, 0.15) is 16.9 Å². The van der Waals surface area contributed by atoms with Crippen LogP contribution in [0.1, 0.15) is 23.3 Å². The van der Waals surface area contributed by atoms with Crippen LogP contribution in [0.2, 0.25) is 0 Å². The number of carbonyl (C=O) groups excluding carboxylic acids is 1. The van der Waals surface area contributed by atoms with E-state index in [1.807, 2.05) is 24.0 Å². The maximum absolute atomic E-state index is 11.8. The first kappa shape index (κ1) is 12.5. The number of hydrogen-bond acceptors (Lipinski definition) is 4. The van der Waals surface area contributed by atoms with E-state index in [1.54, 1.807) is 18.9 Å². The van der Waals surface area contributed by atoms with Crippen molar-refractivity contribution < 1.29 is 13.9 Å². The number of nitrogens with zero attached hydrogens (tertiary/aromatic N) is 1. The van der Waals surface area contributed by atoms with Crippen LogP contribution < -0.4 is 0 Å². The van der Waals surface area contributed by atoms with Crippen molar-refractivity contribution in [3.05, 3.63) is 23.7 Å². The van der Waals surface area contributed by atoms with Gasteiger partial charge in [-0.15, -0.1) is 11.8 Å². The van der Waals surface area contributed by atoms with E-state index in [-0.39, 0.29) is 11.3 Å². The molecule has 1 aromatic heterocycles. The van der Waals surface area contributed by atoms with Gasteiger partial charge in [-0.25, -0.2) is 0 Å². The van der Waals surface area contributed by atoms with Gasteiger partial charge in [0.05, 0.1) is 5.75 Å². The Hall–Kier alpha value is -0.940. The van der Waals surface area contributed by atoms with Crippen molar-refractivity contribution in [1.29, 1.82) is 0 Å². The molecule has 1 atom stereocenters. The van der Waals surface area contributed by atoms with Crippen LogP contribution >= 0.6 is 11.8 Å². The van der Waals surface area contributed by atoms with Crippen molar-refractivity contribution in [2.75, 3.05) is 26.0 Å². The predicted molar refractivity (Wildman–Crippen MR) is 66.9 cm³/mol. The number of ether oxygens (including phenoxy) is 1. The SMILES string of the molecule is COCCCN1C(=O)CSC1c1ccc(C)o1. The number of furan rings is 1. The van der Waals surface area contributed by atoms with Crippen LogP contribution in [0.25, 0.3) is 0 Å². The molecule has 0 aliphatic carbocycles. The highest BCUT2D eigenvalue weighted by atomic mass is 32.2. The Balaban J connectivity index is 2.03. The van der Waals surface area contributed by atoms with Gasteiger partial charge in [0.25, 0.3) is 0 Å². The van der Waals surface area contributed by atoms with Crippen molar-refractivity contribution in [2.45, 2.75) is 18.7 Å². The largest absolute Gasteiger partial charge is 0.463 e. The molecular weight excluding hydrogens is 238 g/mol. The summed E-state index contributed by atoms with van der Waals surface area (Å²) >= 11 is 1.62. The van der Waals surface area contributed by atoms with E-state index in [2.05, 4.69) is 0 Å². The average Bonchev–Trinajstić information content (AvgIpc) is 2.87. The van der Waals surface area contributed by atoms with Crippen molar-refractivity contribution in [1.82, 2.24) is 4.90 Å². The molecule has 17 heavy (non-hydrogen) atoms. The summed E-state index contributed by atoms with van der Waals surface area (Å²) in [5.74, 6) is 2.48. The fourth-order valence-electron chi connectivity index (χ4n) is 1.90. The Morgan fingerprint density at radius 1 is 1.59 bits per heavy atom. The first-order valence-electron chi connectivity index (χ1n) is 5.68. The molecule has 0 spiro atoms. The van der Waals surface area contributed by atoms with Crippen LogP contribution in [-0.2, 0) is 9.53 Å². The number of methoxy groups -OCH3 is 1. The predicted octanol–water partition coefficient (Wildman–Crippen LogP) is 2.20. The number of carbonyl (C=O) groups is 1. The van der Waals surface area contributed by atoms with Gasteiger partial charge in [-0.1, -0.05) is 0 Å². The second-order valence-electron chi connectivity index (χ2n) is 4.05. The Bertz CT molecular complexity index is 391. The topological polar surface area (TPSA) is 42.7 Å². The van der Waals surface area contributed by atoms with Crippen LogP contribution in [0.3, 0.4) is 0 Å². The van der Waals surface area contributed by atoms with Gasteiger partial charge in [-0.3, -0.25) is 4.79 Å². The molecule has 1 aliphatic heterocycles. The zero-order chi connectivity index (χ0) is 12.3. The molecule has 1 aromatic rings. The second kappa shape index (κ2) is 5.60. The molecule has 0 bridgehead atoms. The highest BCUT2D eigenvalue weighted by Crippen LogP contribution is 2.39. The third kappa shape index (κ3) is 2.84. The van der Waals surface area contributed by atoms with E-state index in [0.29, 0.717) is 12.4 Å². The molecule has 1 saturated heterocycles. The maximum Gasteiger partial charge on any atom is 0.233 e. The molecule has 0 aromatic carbocycles. The lowest BCUT2D eigenvalue weighted by atomic mass is 10.3. The van der Waals surface area contributed by atoms with E-state index in [0.717, 1.165) is 24.5 Å². The molecule has 1 fully saturated rings. The van der Waals surface area contributed by atoms with Gasteiger partial charge < -0.3 is 14.1 Å². The minimum atomic E-state index is 0.0352. The van der Waals surface area contributed by atoms with Crippen molar-refractivity contribution >= 4 is 17.7 Å². The quantitative estimate of drug-likeness (QED) is 0.756. The molecule has 0 radical (unpaired) electrons. The van der Waals surface area contributed by atoms with Crippen LogP contribution in [0.4, 0.5) is 0 Å². The lowest BCUT2D eigenvalue weighted by Crippen LogP contribution is -2.29. The Labute approximate surface area is 105 Å². The Morgan fingerprint density at radius 2 is 2.41 bits per heavy atom. The third-order valence-corrected chi connectivity index (χ3v) is 3.94. The van der Waals surface area contributed by atoms with Crippen molar-refractivity contribution in [3.63, 3.8) is 0 Å². The van der Waals surface area contributed by atoms with E-state index in [1.165, 1.54) is 0 Å².